The molecule has 1 aliphatic rings. The molecule has 1 aliphatic heterocycles. The fourth-order valence-electron chi connectivity index (χ4n) is 4.05. The monoisotopic (exact) mass is 591 g/mol. The Kier molecular flexibility index (Phi) is 10.1. The molecule has 9 nitrogen and oxygen atoms in total. The number of alkyl halides is 3. The maximum atomic E-state index is 14.8. The molecular weight excluding hydrogens is 565 g/mol. The summed E-state index contributed by atoms with van der Waals surface area (Å²) in [5, 5.41) is 15.7. The topological polar surface area (TPSA) is 114 Å². The van der Waals surface area contributed by atoms with E-state index in [4.69, 9.17) is 16.7 Å². The van der Waals surface area contributed by atoms with E-state index in [1.165, 1.54) is 19.1 Å². The molecule has 2 aromatic carbocycles. The summed E-state index contributed by atoms with van der Waals surface area (Å²) >= 11 is 6.13. The number of carbonyl (C=O) groups is 3. The van der Waals surface area contributed by atoms with Crippen molar-refractivity contribution in [2.75, 3.05) is 42.9 Å². The number of rotatable bonds is 9. The van der Waals surface area contributed by atoms with Gasteiger partial charge in [-0.05, 0) is 31.2 Å². The van der Waals surface area contributed by atoms with Crippen LogP contribution in [0.15, 0.2) is 30.3 Å². The van der Waals surface area contributed by atoms with Crippen molar-refractivity contribution in [1.82, 2.24) is 15.5 Å². The predicted octanol–water partition coefficient (Wildman–Crippen LogP) is 4.22. The zero-order chi connectivity index (χ0) is 29.6. The van der Waals surface area contributed by atoms with Crippen molar-refractivity contribution < 1.29 is 41.4 Å². The summed E-state index contributed by atoms with van der Waals surface area (Å²) in [5.41, 5.74) is -0.151. The quantitative estimate of drug-likeness (QED) is 0.325. The normalized spacial score (nSPS) is 14.9. The second kappa shape index (κ2) is 13.1. The van der Waals surface area contributed by atoms with Crippen molar-refractivity contribution >= 4 is 40.9 Å². The molecule has 3 amide bonds. The Hall–Kier alpha value is -3.65. The average Bonchev–Trinajstić information content (AvgIpc) is 2.88. The van der Waals surface area contributed by atoms with Gasteiger partial charge in [0, 0.05) is 49.9 Å². The smallest absolute Gasteiger partial charge is 0.405 e. The molecule has 0 aliphatic carbocycles. The van der Waals surface area contributed by atoms with E-state index in [0.717, 1.165) is 12.1 Å². The summed E-state index contributed by atoms with van der Waals surface area (Å²) in [6, 6.07) is 5.56. The number of amides is 3. The van der Waals surface area contributed by atoms with Crippen LogP contribution in [0.25, 0.3) is 0 Å². The number of carboxylic acid groups (broad SMARTS) is 1. The minimum absolute atomic E-state index is 0.126. The number of nitrogens with one attached hydrogen (secondary N) is 3. The van der Waals surface area contributed by atoms with E-state index < -0.39 is 60.3 Å². The van der Waals surface area contributed by atoms with Crippen LogP contribution in [0.1, 0.15) is 29.3 Å². The number of nitrogens with zero attached hydrogens (tertiary/aromatic N) is 2. The fraction of sp³-hybridized carbons (Fsp3) is 0.400. The van der Waals surface area contributed by atoms with Crippen molar-refractivity contribution in [3.05, 3.63) is 58.1 Å². The Morgan fingerprint density at radius 1 is 1.05 bits per heavy atom. The van der Waals surface area contributed by atoms with Crippen LogP contribution in [0, 0.1) is 11.6 Å². The Labute approximate surface area is 231 Å². The first-order valence-corrected chi connectivity index (χ1v) is 12.5. The van der Waals surface area contributed by atoms with Gasteiger partial charge in [-0.3, -0.25) is 14.5 Å². The third-order valence-electron chi connectivity index (χ3n) is 6.23. The van der Waals surface area contributed by atoms with Crippen LogP contribution < -0.4 is 20.9 Å². The Balaban J connectivity index is 1.68. The number of hydrogen-bond donors (Lipinski definition) is 4. The van der Waals surface area contributed by atoms with Gasteiger partial charge in [0.1, 0.15) is 6.04 Å². The van der Waals surface area contributed by atoms with E-state index in [9.17, 15) is 36.3 Å². The van der Waals surface area contributed by atoms with Crippen molar-refractivity contribution in [2.24, 2.45) is 0 Å². The van der Waals surface area contributed by atoms with Crippen LogP contribution in [0.3, 0.4) is 0 Å². The van der Waals surface area contributed by atoms with Crippen molar-refractivity contribution in [3.63, 3.8) is 0 Å². The van der Waals surface area contributed by atoms with Gasteiger partial charge in [0.2, 0.25) is 5.91 Å². The molecule has 1 saturated heterocycles. The Bertz CT molecular complexity index is 1250. The summed E-state index contributed by atoms with van der Waals surface area (Å²) in [6.45, 7) is 2.09. The molecule has 3 rings (SSSR count). The summed E-state index contributed by atoms with van der Waals surface area (Å²) in [4.78, 5) is 39.0. The van der Waals surface area contributed by atoms with E-state index in [0.29, 0.717) is 36.9 Å². The first-order chi connectivity index (χ1) is 18.7. The fourth-order valence-corrected chi connectivity index (χ4v) is 4.21. The number of piperazine rings is 1. The predicted molar refractivity (Wildman–Crippen MR) is 138 cm³/mol. The van der Waals surface area contributed by atoms with E-state index in [1.54, 1.807) is 11.0 Å². The lowest BCUT2D eigenvalue weighted by Gasteiger charge is -2.37. The molecule has 0 aromatic heterocycles. The lowest BCUT2D eigenvalue weighted by molar-refractivity contribution is -0.138. The van der Waals surface area contributed by atoms with Gasteiger partial charge < -0.3 is 26.0 Å². The van der Waals surface area contributed by atoms with E-state index in [-0.39, 0.29) is 17.8 Å². The summed E-state index contributed by atoms with van der Waals surface area (Å²) in [6.07, 6.45) is -6.59. The van der Waals surface area contributed by atoms with E-state index in [2.05, 4.69) is 10.6 Å². The van der Waals surface area contributed by atoms with E-state index in [1.807, 2.05) is 10.2 Å². The van der Waals surface area contributed by atoms with Gasteiger partial charge in [-0.25, -0.2) is 13.6 Å². The van der Waals surface area contributed by atoms with Crippen molar-refractivity contribution in [2.45, 2.75) is 32.1 Å². The van der Waals surface area contributed by atoms with Crippen LogP contribution in [-0.4, -0.2) is 72.9 Å². The molecule has 1 unspecified atom stereocenters. The number of benzene rings is 2. The molecule has 0 spiro atoms. The van der Waals surface area contributed by atoms with Gasteiger partial charge in [0.15, 0.2) is 11.6 Å². The standard InChI is InChI=1S/C25H27ClF5N5O4/c1-14(33-24(39)40)22(37)32-13-15-2-4-17(21(28)20(15)27)23(38)34-18-5-3-16(26)12-19(18)36-10-8-35(9-11-36)7-6-25(29,30)31/h2-5,12,14,33H,6-11,13H2,1H3,(H,32,37)(H,34,38)(H,39,40). The first-order valence-electron chi connectivity index (χ1n) is 12.1. The van der Waals surface area contributed by atoms with Gasteiger partial charge in [-0.1, -0.05) is 17.7 Å². The molecule has 40 heavy (non-hydrogen) atoms. The maximum Gasteiger partial charge on any atom is 0.405 e. The average molecular weight is 592 g/mol. The van der Waals surface area contributed by atoms with Crippen molar-refractivity contribution in [3.8, 4) is 0 Å². The minimum Gasteiger partial charge on any atom is -0.465 e. The van der Waals surface area contributed by atoms with Gasteiger partial charge >= 0.3 is 12.3 Å². The number of halogens is 6. The highest BCUT2D eigenvalue weighted by Gasteiger charge is 2.29. The molecule has 218 valence electrons. The molecular formula is C25H27ClF5N5O4. The van der Waals surface area contributed by atoms with Gasteiger partial charge in [-0.15, -0.1) is 0 Å². The van der Waals surface area contributed by atoms with Crippen LogP contribution >= 0.6 is 11.6 Å². The van der Waals surface area contributed by atoms with Crippen LogP contribution in [0.4, 0.5) is 38.1 Å². The van der Waals surface area contributed by atoms with Crippen LogP contribution in [-0.2, 0) is 11.3 Å². The Morgan fingerprint density at radius 3 is 2.35 bits per heavy atom. The summed E-state index contributed by atoms with van der Waals surface area (Å²) < 4.78 is 67.2. The van der Waals surface area contributed by atoms with Crippen LogP contribution in [0.2, 0.25) is 5.02 Å². The highest BCUT2D eigenvalue weighted by molar-refractivity contribution is 6.31. The molecule has 0 saturated carbocycles. The Morgan fingerprint density at radius 2 is 1.73 bits per heavy atom. The number of carbonyl (C=O) groups excluding carboxylic acids is 2. The zero-order valence-electron chi connectivity index (χ0n) is 21.2. The molecule has 4 N–H and O–H groups in total. The molecule has 1 atom stereocenters. The lowest BCUT2D eigenvalue weighted by atomic mass is 10.1. The third kappa shape index (κ3) is 8.42. The second-order valence-electron chi connectivity index (χ2n) is 9.10. The molecule has 2 aromatic rings. The zero-order valence-corrected chi connectivity index (χ0v) is 22.0. The highest BCUT2D eigenvalue weighted by Crippen LogP contribution is 2.31. The number of hydrogen-bond acceptors (Lipinski definition) is 5. The molecule has 0 bridgehead atoms. The largest absolute Gasteiger partial charge is 0.465 e. The summed E-state index contributed by atoms with van der Waals surface area (Å²) in [7, 11) is 0. The summed E-state index contributed by atoms with van der Waals surface area (Å²) in [5.74, 6) is -4.54. The van der Waals surface area contributed by atoms with E-state index >= 15 is 0 Å². The highest BCUT2D eigenvalue weighted by atomic mass is 35.5. The van der Waals surface area contributed by atoms with Gasteiger partial charge in [0.05, 0.1) is 23.4 Å². The maximum absolute atomic E-state index is 14.8. The van der Waals surface area contributed by atoms with Crippen molar-refractivity contribution in [1.29, 1.82) is 0 Å². The molecule has 1 fully saturated rings. The lowest BCUT2D eigenvalue weighted by Crippen LogP contribution is -2.47. The second-order valence-corrected chi connectivity index (χ2v) is 9.54. The third-order valence-corrected chi connectivity index (χ3v) is 6.46. The minimum atomic E-state index is -4.25. The number of anilines is 2. The van der Waals surface area contributed by atoms with Crippen LogP contribution in [0.5, 0.6) is 0 Å². The molecule has 15 heteroatoms. The molecule has 0 radical (unpaired) electrons. The first kappa shape index (κ1) is 30.9. The van der Waals surface area contributed by atoms with Gasteiger partial charge in [0.25, 0.3) is 5.91 Å². The SMILES string of the molecule is CC(NC(=O)O)C(=O)NCc1ccc(C(=O)Nc2ccc(Cl)cc2N2CCN(CCC(F)(F)F)CC2)c(F)c1F. The molecule has 1 heterocycles. The van der Waals surface area contributed by atoms with Gasteiger partial charge in [-0.2, -0.15) is 13.2 Å².